The minimum Gasteiger partial charge on any atom is -0.316 e. The Morgan fingerprint density at radius 3 is 2.36 bits per heavy atom. The first kappa shape index (κ1) is 14.8. The van der Waals surface area contributed by atoms with Crippen LogP contribution < -0.4 is 5.32 Å². The molecule has 0 atom stereocenters. The summed E-state index contributed by atoms with van der Waals surface area (Å²) in [7, 11) is -1.58. The Morgan fingerprint density at radius 1 is 0.864 bits per heavy atom. The molecule has 3 nitrogen and oxygen atoms in total. The van der Waals surface area contributed by atoms with E-state index in [0.717, 1.165) is 22.9 Å². The van der Waals surface area contributed by atoms with Crippen molar-refractivity contribution in [1.82, 2.24) is 5.32 Å². The van der Waals surface area contributed by atoms with E-state index in [1.54, 1.807) is 36.4 Å². The van der Waals surface area contributed by atoms with E-state index in [1.165, 1.54) is 0 Å². The van der Waals surface area contributed by atoms with Gasteiger partial charge in [0.25, 0.3) is 0 Å². The van der Waals surface area contributed by atoms with E-state index in [4.69, 9.17) is 0 Å². The Balaban J connectivity index is 2.14. The molecule has 0 aromatic heterocycles. The maximum absolute atomic E-state index is 12.7. The molecule has 22 heavy (non-hydrogen) atoms. The largest absolute Gasteiger partial charge is 0.316 e. The summed E-state index contributed by atoms with van der Waals surface area (Å²) in [5.41, 5.74) is 1.16. The molecular formula is C18H17NO2S. The number of nitrogens with one attached hydrogen (secondary N) is 1. The molecule has 112 valence electrons. The zero-order chi connectivity index (χ0) is 15.6. The van der Waals surface area contributed by atoms with Gasteiger partial charge in [-0.05, 0) is 47.6 Å². The quantitative estimate of drug-likeness (QED) is 0.803. The van der Waals surface area contributed by atoms with Crippen LogP contribution in [0.3, 0.4) is 0 Å². The smallest absolute Gasteiger partial charge is 0.206 e. The lowest BCUT2D eigenvalue weighted by molar-refractivity contribution is 0.596. The molecule has 0 heterocycles. The van der Waals surface area contributed by atoms with Gasteiger partial charge in [0, 0.05) is 6.54 Å². The van der Waals surface area contributed by atoms with Crippen molar-refractivity contribution < 1.29 is 8.42 Å². The average molecular weight is 311 g/mol. The Hall–Kier alpha value is -2.17. The van der Waals surface area contributed by atoms with Gasteiger partial charge in [-0.2, -0.15) is 0 Å². The van der Waals surface area contributed by atoms with Gasteiger partial charge in [-0.15, -0.1) is 0 Å². The normalized spacial score (nSPS) is 11.7. The molecule has 0 amide bonds. The molecule has 0 aliphatic rings. The fourth-order valence-corrected chi connectivity index (χ4v) is 3.89. The third-order valence-electron chi connectivity index (χ3n) is 3.67. The van der Waals surface area contributed by atoms with E-state index in [1.807, 2.05) is 37.4 Å². The van der Waals surface area contributed by atoms with Gasteiger partial charge in [-0.25, -0.2) is 8.42 Å². The molecule has 0 saturated heterocycles. The second-order valence-corrected chi connectivity index (χ2v) is 7.10. The summed E-state index contributed by atoms with van der Waals surface area (Å²) >= 11 is 0. The van der Waals surface area contributed by atoms with E-state index in [-0.39, 0.29) is 0 Å². The van der Waals surface area contributed by atoms with Gasteiger partial charge in [-0.1, -0.05) is 42.5 Å². The number of hydrogen-bond acceptors (Lipinski definition) is 3. The molecule has 0 radical (unpaired) electrons. The van der Waals surface area contributed by atoms with Crippen LogP contribution >= 0.6 is 0 Å². The number of sulfone groups is 1. The zero-order valence-corrected chi connectivity index (χ0v) is 13.1. The molecule has 1 N–H and O–H groups in total. The monoisotopic (exact) mass is 311 g/mol. The van der Waals surface area contributed by atoms with Crippen molar-refractivity contribution in [3.8, 4) is 0 Å². The number of rotatable bonds is 4. The molecule has 0 aliphatic carbocycles. The van der Waals surface area contributed by atoms with Crippen LogP contribution in [0.4, 0.5) is 0 Å². The second kappa shape index (κ2) is 5.91. The SMILES string of the molecule is CNCc1cccc2cc(S(=O)(=O)c3ccccc3)ccc12. The Labute approximate surface area is 130 Å². The third-order valence-corrected chi connectivity index (χ3v) is 5.44. The van der Waals surface area contributed by atoms with Crippen molar-refractivity contribution in [2.75, 3.05) is 7.05 Å². The van der Waals surface area contributed by atoms with E-state index >= 15 is 0 Å². The Morgan fingerprint density at radius 2 is 1.64 bits per heavy atom. The summed E-state index contributed by atoms with van der Waals surface area (Å²) in [5.74, 6) is 0. The van der Waals surface area contributed by atoms with Gasteiger partial charge in [-0.3, -0.25) is 0 Å². The van der Waals surface area contributed by atoms with Gasteiger partial charge in [0.2, 0.25) is 9.84 Å². The highest BCUT2D eigenvalue weighted by Crippen LogP contribution is 2.26. The van der Waals surface area contributed by atoms with Crippen molar-refractivity contribution in [2.24, 2.45) is 0 Å². The zero-order valence-electron chi connectivity index (χ0n) is 12.3. The van der Waals surface area contributed by atoms with Crippen LogP contribution in [0.15, 0.2) is 76.5 Å². The van der Waals surface area contributed by atoms with E-state index < -0.39 is 9.84 Å². The lowest BCUT2D eigenvalue weighted by Gasteiger charge is -2.09. The average Bonchev–Trinajstić information content (AvgIpc) is 2.56. The van der Waals surface area contributed by atoms with Gasteiger partial charge in [0.15, 0.2) is 0 Å². The number of benzene rings is 3. The standard InChI is InChI=1S/C18H17NO2S/c1-19-13-15-7-5-6-14-12-17(10-11-18(14)15)22(20,21)16-8-3-2-4-9-16/h2-12,19H,13H2,1H3. The summed E-state index contributed by atoms with van der Waals surface area (Å²) in [6.45, 7) is 0.752. The van der Waals surface area contributed by atoms with Crippen molar-refractivity contribution >= 4 is 20.6 Å². The fourth-order valence-electron chi connectivity index (χ4n) is 2.58. The highest BCUT2D eigenvalue weighted by atomic mass is 32.2. The summed E-state index contributed by atoms with van der Waals surface area (Å²) in [6.07, 6.45) is 0. The highest BCUT2D eigenvalue weighted by Gasteiger charge is 2.17. The molecule has 0 spiro atoms. The molecule has 3 aromatic rings. The molecule has 3 rings (SSSR count). The Bertz CT molecular complexity index is 903. The summed E-state index contributed by atoms with van der Waals surface area (Å²) in [6, 6.07) is 19.8. The van der Waals surface area contributed by atoms with Crippen molar-refractivity contribution in [2.45, 2.75) is 16.3 Å². The van der Waals surface area contributed by atoms with Crippen LogP contribution in [0.1, 0.15) is 5.56 Å². The molecule has 3 aromatic carbocycles. The first-order valence-corrected chi connectivity index (χ1v) is 8.57. The van der Waals surface area contributed by atoms with Gasteiger partial charge >= 0.3 is 0 Å². The van der Waals surface area contributed by atoms with E-state index in [2.05, 4.69) is 5.32 Å². The van der Waals surface area contributed by atoms with E-state index in [9.17, 15) is 8.42 Å². The molecular weight excluding hydrogens is 294 g/mol. The predicted octanol–water partition coefficient (Wildman–Crippen LogP) is 3.39. The molecule has 4 heteroatoms. The minimum atomic E-state index is -3.47. The molecule has 0 aliphatic heterocycles. The predicted molar refractivity (Wildman–Crippen MR) is 88.6 cm³/mol. The van der Waals surface area contributed by atoms with Crippen molar-refractivity contribution in [3.63, 3.8) is 0 Å². The van der Waals surface area contributed by atoms with Crippen molar-refractivity contribution in [3.05, 3.63) is 72.3 Å². The minimum absolute atomic E-state index is 0.320. The second-order valence-electron chi connectivity index (χ2n) is 5.15. The van der Waals surface area contributed by atoms with Crippen LogP contribution in [0.2, 0.25) is 0 Å². The number of fused-ring (bicyclic) bond motifs is 1. The fraction of sp³-hybridized carbons (Fsp3) is 0.111. The van der Waals surface area contributed by atoms with Crippen LogP contribution in [-0.4, -0.2) is 15.5 Å². The van der Waals surface area contributed by atoms with Gasteiger partial charge in [0.05, 0.1) is 9.79 Å². The first-order valence-electron chi connectivity index (χ1n) is 7.09. The Kier molecular flexibility index (Phi) is 3.96. The van der Waals surface area contributed by atoms with Crippen molar-refractivity contribution in [1.29, 1.82) is 0 Å². The lowest BCUT2D eigenvalue weighted by Crippen LogP contribution is -2.06. The topological polar surface area (TPSA) is 46.2 Å². The van der Waals surface area contributed by atoms with E-state index in [0.29, 0.717) is 9.79 Å². The molecule has 0 saturated carbocycles. The number of hydrogen-bond donors (Lipinski definition) is 1. The molecule has 0 bridgehead atoms. The van der Waals surface area contributed by atoms with Gasteiger partial charge < -0.3 is 5.32 Å². The molecule has 0 fully saturated rings. The van der Waals surface area contributed by atoms with Crippen LogP contribution in [-0.2, 0) is 16.4 Å². The maximum Gasteiger partial charge on any atom is 0.206 e. The summed E-state index contributed by atoms with van der Waals surface area (Å²) < 4.78 is 25.4. The molecule has 0 unspecified atom stereocenters. The highest BCUT2D eigenvalue weighted by molar-refractivity contribution is 7.91. The lowest BCUT2D eigenvalue weighted by atomic mass is 10.0. The first-order chi connectivity index (χ1) is 10.6. The maximum atomic E-state index is 12.7. The van der Waals surface area contributed by atoms with Gasteiger partial charge in [0.1, 0.15) is 0 Å². The summed E-state index contributed by atoms with van der Waals surface area (Å²) in [4.78, 5) is 0.647. The van der Waals surface area contributed by atoms with Crippen LogP contribution in [0.5, 0.6) is 0 Å². The van der Waals surface area contributed by atoms with Crippen LogP contribution in [0, 0.1) is 0 Å². The summed E-state index contributed by atoms with van der Waals surface area (Å²) in [5, 5.41) is 5.14. The van der Waals surface area contributed by atoms with Crippen LogP contribution in [0.25, 0.3) is 10.8 Å². The third kappa shape index (κ3) is 2.63.